The molecular weight excluding hydrogens is 290 g/mol. The van der Waals surface area contributed by atoms with Gasteiger partial charge in [0.1, 0.15) is 6.61 Å². The topological polar surface area (TPSA) is 95.7 Å². The van der Waals surface area contributed by atoms with Crippen molar-refractivity contribution in [2.24, 2.45) is 5.41 Å². The molecule has 0 amide bonds. The average molecular weight is 309 g/mol. The summed E-state index contributed by atoms with van der Waals surface area (Å²) in [6, 6.07) is 8.21. The molecule has 0 aliphatic carbocycles. The Labute approximate surface area is 128 Å². The maximum Gasteiger partial charge on any atom is 0.338 e. The van der Waals surface area contributed by atoms with Gasteiger partial charge in [0.25, 0.3) is 0 Å². The Kier molecular flexibility index (Phi) is 6.03. The molecule has 0 saturated carbocycles. The molecule has 0 spiro atoms. The third-order valence-corrected chi connectivity index (χ3v) is 2.65. The zero-order valence-electron chi connectivity index (χ0n) is 12.8. The molecule has 1 atom stereocenters. The maximum absolute atomic E-state index is 11.8. The zero-order chi connectivity index (χ0) is 16.8. The van der Waals surface area contributed by atoms with E-state index >= 15 is 0 Å². The molecular formula is C15H19NO6. The summed E-state index contributed by atoms with van der Waals surface area (Å²) >= 11 is 0. The van der Waals surface area contributed by atoms with Crippen molar-refractivity contribution in [3.8, 4) is 0 Å². The Balaban J connectivity index is 2.64. The minimum absolute atomic E-state index is 0.324. The van der Waals surface area contributed by atoms with Crippen molar-refractivity contribution < 1.29 is 24.0 Å². The summed E-state index contributed by atoms with van der Waals surface area (Å²) in [6.07, 6.45) is -1.12. The summed E-state index contributed by atoms with van der Waals surface area (Å²) < 4.78 is 10.0. The van der Waals surface area contributed by atoms with Crippen LogP contribution in [0.4, 0.5) is 0 Å². The normalized spacial score (nSPS) is 12.3. The van der Waals surface area contributed by atoms with Crippen LogP contribution in [0.2, 0.25) is 0 Å². The SMILES string of the molecule is CC(C)(C)C(=O)O[C@H](COC(=O)c1ccccc1)C[N+](=O)[O-]. The van der Waals surface area contributed by atoms with Gasteiger partial charge in [-0.3, -0.25) is 14.9 Å². The smallest absolute Gasteiger partial charge is 0.338 e. The second-order valence-corrected chi connectivity index (χ2v) is 5.76. The Hall–Kier alpha value is -2.44. The Morgan fingerprint density at radius 2 is 1.82 bits per heavy atom. The number of hydrogen-bond acceptors (Lipinski definition) is 6. The molecule has 0 fully saturated rings. The number of hydrogen-bond donors (Lipinski definition) is 0. The van der Waals surface area contributed by atoms with Crippen molar-refractivity contribution in [3.63, 3.8) is 0 Å². The van der Waals surface area contributed by atoms with Crippen LogP contribution in [-0.4, -0.2) is 36.1 Å². The summed E-state index contributed by atoms with van der Waals surface area (Å²) in [6.45, 7) is 3.91. The van der Waals surface area contributed by atoms with Gasteiger partial charge in [0.05, 0.1) is 11.0 Å². The van der Waals surface area contributed by atoms with E-state index in [1.54, 1.807) is 51.1 Å². The summed E-state index contributed by atoms with van der Waals surface area (Å²) in [7, 11) is 0. The largest absolute Gasteiger partial charge is 0.458 e. The van der Waals surface area contributed by atoms with E-state index in [-0.39, 0.29) is 6.61 Å². The molecule has 0 radical (unpaired) electrons. The van der Waals surface area contributed by atoms with E-state index in [1.165, 1.54) is 0 Å². The molecule has 1 aromatic carbocycles. The van der Waals surface area contributed by atoms with Gasteiger partial charge in [-0.25, -0.2) is 4.79 Å². The monoisotopic (exact) mass is 309 g/mol. The van der Waals surface area contributed by atoms with E-state index in [0.29, 0.717) is 5.56 Å². The first-order valence-corrected chi connectivity index (χ1v) is 6.75. The number of carbonyl (C=O) groups is 2. The molecule has 0 N–H and O–H groups in total. The van der Waals surface area contributed by atoms with Crippen LogP contribution in [0.1, 0.15) is 31.1 Å². The second-order valence-electron chi connectivity index (χ2n) is 5.76. The fourth-order valence-electron chi connectivity index (χ4n) is 1.44. The second kappa shape index (κ2) is 7.53. The van der Waals surface area contributed by atoms with Gasteiger partial charge in [-0.05, 0) is 32.9 Å². The average Bonchev–Trinajstić information content (AvgIpc) is 2.43. The van der Waals surface area contributed by atoms with Gasteiger partial charge < -0.3 is 9.47 Å². The third kappa shape index (κ3) is 5.90. The molecule has 0 heterocycles. The minimum Gasteiger partial charge on any atom is -0.458 e. The number of benzene rings is 1. The first-order valence-electron chi connectivity index (χ1n) is 6.75. The van der Waals surface area contributed by atoms with Gasteiger partial charge in [-0.2, -0.15) is 0 Å². The van der Waals surface area contributed by atoms with Gasteiger partial charge in [0, 0.05) is 4.92 Å². The van der Waals surface area contributed by atoms with Crippen molar-refractivity contribution in [1.82, 2.24) is 0 Å². The van der Waals surface area contributed by atoms with E-state index < -0.39 is 34.9 Å². The third-order valence-electron chi connectivity index (χ3n) is 2.65. The number of ether oxygens (including phenoxy) is 2. The predicted molar refractivity (Wildman–Crippen MR) is 77.9 cm³/mol. The quantitative estimate of drug-likeness (QED) is 0.453. The summed E-state index contributed by atoms with van der Waals surface area (Å²) in [4.78, 5) is 33.6. The zero-order valence-corrected chi connectivity index (χ0v) is 12.8. The molecule has 0 aromatic heterocycles. The van der Waals surface area contributed by atoms with Gasteiger partial charge >= 0.3 is 11.9 Å². The van der Waals surface area contributed by atoms with Crippen LogP contribution in [-0.2, 0) is 14.3 Å². The lowest BCUT2D eigenvalue weighted by Gasteiger charge is -2.21. The lowest BCUT2D eigenvalue weighted by molar-refractivity contribution is -0.490. The van der Waals surface area contributed by atoms with E-state index in [0.717, 1.165) is 0 Å². The van der Waals surface area contributed by atoms with Crippen molar-refractivity contribution in [1.29, 1.82) is 0 Å². The molecule has 0 saturated heterocycles. The molecule has 120 valence electrons. The fraction of sp³-hybridized carbons (Fsp3) is 0.467. The van der Waals surface area contributed by atoms with Crippen LogP contribution in [0.25, 0.3) is 0 Å². The fourth-order valence-corrected chi connectivity index (χ4v) is 1.44. The molecule has 1 aromatic rings. The standard InChI is InChI=1S/C15H19NO6/c1-15(2,3)14(18)22-12(9-16(19)20)10-21-13(17)11-7-5-4-6-8-11/h4-8,12H,9-10H2,1-3H3/t12-/m0/s1. The highest BCUT2D eigenvalue weighted by Gasteiger charge is 2.29. The lowest BCUT2D eigenvalue weighted by atomic mass is 9.97. The van der Waals surface area contributed by atoms with E-state index in [4.69, 9.17) is 9.47 Å². The van der Waals surface area contributed by atoms with Gasteiger partial charge in [0.15, 0.2) is 6.10 Å². The number of nitro groups is 1. The van der Waals surface area contributed by atoms with E-state index in [2.05, 4.69) is 0 Å². The highest BCUT2D eigenvalue weighted by Crippen LogP contribution is 2.16. The van der Waals surface area contributed by atoms with Gasteiger partial charge in [0.2, 0.25) is 6.54 Å². The lowest BCUT2D eigenvalue weighted by Crippen LogP contribution is -2.35. The van der Waals surface area contributed by atoms with Crippen molar-refractivity contribution in [2.75, 3.05) is 13.2 Å². The molecule has 1 rings (SSSR count). The van der Waals surface area contributed by atoms with Crippen LogP contribution in [0.3, 0.4) is 0 Å². The first kappa shape index (κ1) is 17.6. The van der Waals surface area contributed by atoms with Gasteiger partial charge in [-0.1, -0.05) is 18.2 Å². The van der Waals surface area contributed by atoms with Crippen LogP contribution in [0.15, 0.2) is 30.3 Å². The van der Waals surface area contributed by atoms with Crippen LogP contribution in [0.5, 0.6) is 0 Å². The summed E-state index contributed by atoms with van der Waals surface area (Å²) in [5, 5.41) is 10.6. The number of nitrogens with zero attached hydrogens (tertiary/aromatic N) is 1. The highest BCUT2D eigenvalue weighted by molar-refractivity contribution is 5.89. The van der Waals surface area contributed by atoms with Crippen molar-refractivity contribution in [3.05, 3.63) is 46.0 Å². The Bertz CT molecular complexity index is 535. The summed E-state index contributed by atoms with van der Waals surface area (Å²) in [5.74, 6) is -1.21. The highest BCUT2D eigenvalue weighted by atomic mass is 16.6. The molecule has 7 nitrogen and oxygen atoms in total. The Morgan fingerprint density at radius 1 is 1.23 bits per heavy atom. The number of carbonyl (C=O) groups excluding carboxylic acids is 2. The predicted octanol–water partition coefficient (Wildman–Crippen LogP) is 2.08. The molecule has 0 aliphatic heterocycles. The van der Waals surface area contributed by atoms with Crippen LogP contribution >= 0.6 is 0 Å². The van der Waals surface area contributed by atoms with Crippen molar-refractivity contribution >= 4 is 11.9 Å². The van der Waals surface area contributed by atoms with Gasteiger partial charge in [-0.15, -0.1) is 0 Å². The first-order chi connectivity index (χ1) is 10.2. The number of esters is 2. The van der Waals surface area contributed by atoms with Crippen LogP contribution in [0, 0.1) is 15.5 Å². The molecule has 0 aliphatic rings. The number of rotatable bonds is 6. The van der Waals surface area contributed by atoms with Crippen molar-refractivity contribution in [2.45, 2.75) is 26.9 Å². The van der Waals surface area contributed by atoms with E-state index in [1.807, 2.05) is 0 Å². The van der Waals surface area contributed by atoms with E-state index in [9.17, 15) is 19.7 Å². The molecule has 7 heteroatoms. The minimum atomic E-state index is -1.12. The molecule has 0 bridgehead atoms. The maximum atomic E-state index is 11.8. The summed E-state index contributed by atoms with van der Waals surface area (Å²) in [5.41, 5.74) is -0.470. The Morgan fingerprint density at radius 3 is 2.32 bits per heavy atom. The van der Waals surface area contributed by atoms with Crippen LogP contribution < -0.4 is 0 Å². The molecule has 0 unspecified atom stereocenters. The molecule has 22 heavy (non-hydrogen) atoms.